The van der Waals surface area contributed by atoms with Crippen molar-refractivity contribution >= 4 is 0 Å². The molecule has 0 saturated heterocycles. The highest BCUT2D eigenvalue weighted by atomic mass is 16.3. The van der Waals surface area contributed by atoms with E-state index in [9.17, 15) is 5.11 Å². The molecule has 0 bridgehead atoms. The molecule has 120 valence electrons. The maximum absolute atomic E-state index is 9.77. The number of nitriles is 1. The molecule has 2 rings (SSSR count). The molecule has 0 spiro atoms. The maximum atomic E-state index is 9.77. The van der Waals surface area contributed by atoms with Crippen LogP contribution in [0.3, 0.4) is 0 Å². The second-order valence-corrected chi connectivity index (χ2v) is 6.06. The van der Waals surface area contributed by atoms with E-state index in [0.717, 1.165) is 18.5 Å². The Bertz CT molecular complexity index is 629. The molecule has 0 aromatic heterocycles. The molecule has 3 atom stereocenters. The molecule has 0 saturated carbocycles. The number of aliphatic hydroxyl groups is 1. The first-order chi connectivity index (χ1) is 11.1. The molecule has 0 aliphatic rings. The molecule has 3 heteroatoms. The van der Waals surface area contributed by atoms with Crippen LogP contribution < -0.4 is 5.32 Å². The van der Waals surface area contributed by atoms with Crippen molar-refractivity contribution in [3.8, 4) is 6.07 Å². The van der Waals surface area contributed by atoms with Crippen molar-refractivity contribution in [2.45, 2.75) is 38.3 Å². The zero-order chi connectivity index (χ0) is 16.7. The normalized spacial score (nSPS) is 14.7. The van der Waals surface area contributed by atoms with E-state index < -0.39 is 0 Å². The van der Waals surface area contributed by atoms with Crippen molar-refractivity contribution in [1.82, 2.24) is 5.32 Å². The van der Waals surface area contributed by atoms with Gasteiger partial charge < -0.3 is 10.4 Å². The largest absolute Gasteiger partial charge is 0.393 e. The summed E-state index contributed by atoms with van der Waals surface area (Å²) >= 11 is 0. The average Bonchev–Trinajstić information content (AvgIpc) is 2.59. The molecule has 3 nitrogen and oxygen atoms in total. The van der Waals surface area contributed by atoms with Gasteiger partial charge >= 0.3 is 0 Å². The predicted octanol–water partition coefficient (Wildman–Crippen LogP) is 3.76. The van der Waals surface area contributed by atoms with Crippen LogP contribution in [0.2, 0.25) is 0 Å². The van der Waals surface area contributed by atoms with Gasteiger partial charge in [-0.2, -0.15) is 5.26 Å². The van der Waals surface area contributed by atoms with Crippen LogP contribution in [0.5, 0.6) is 0 Å². The molecule has 0 aliphatic carbocycles. The third-order valence-corrected chi connectivity index (χ3v) is 4.11. The summed E-state index contributed by atoms with van der Waals surface area (Å²) in [6.07, 6.45) is 0.407. The van der Waals surface area contributed by atoms with Gasteiger partial charge in [0, 0.05) is 12.6 Å². The van der Waals surface area contributed by atoms with E-state index in [1.807, 2.05) is 49.4 Å². The van der Waals surface area contributed by atoms with Crippen LogP contribution in [0.15, 0.2) is 54.6 Å². The van der Waals surface area contributed by atoms with Gasteiger partial charge in [-0.05, 0) is 49.4 Å². The first-order valence-corrected chi connectivity index (χ1v) is 8.06. The molecular formula is C20H24N2O. The monoisotopic (exact) mass is 308 g/mol. The van der Waals surface area contributed by atoms with Crippen molar-refractivity contribution in [3.05, 3.63) is 71.3 Å². The van der Waals surface area contributed by atoms with Crippen molar-refractivity contribution in [1.29, 1.82) is 5.26 Å². The van der Waals surface area contributed by atoms with Crippen molar-refractivity contribution in [3.63, 3.8) is 0 Å². The summed E-state index contributed by atoms with van der Waals surface area (Å²) in [4.78, 5) is 0. The maximum Gasteiger partial charge on any atom is 0.0991 e. The Morgan fingerprint density at radius 3 is 2.22 bits per heavy atom. The molecule has 0 amide bonds. The van der Waals surface area contributed by atoms with Crippen LogP contribution in [-0.2, 0) is 0 Å². The Kier molecular flexibility index (Phi) is 6.34. The Labute approximate surface area is 138 Å². The van der Waals surface area contributed by atoms with Gasteiger partial charge in [0.1, 0.15) is 0 Å². The molecule has 3 unspecified atom stereocenters. The zero-order valence-electron chi connectivity index (χ0n) is 13.7. The molecule has 23 heavy (non-hydrogen) atoms. The molecule has 0 aliphatic heterocycles. The quantitative estimate of drug-likeness (QED) is 0.819. The van der Waals surface area contributed by atoms with Crippen molar-refractivity contribution < 1.29 is 5.11 Å². The lowest BCUT2D eigenvalue weighted by atomic mass is 9.93. The van der Waals surface area contributed by atoms with E-state index in [2.05, 4.69) is 30.4 Å². The summed E-state index contributed by atoms with van der Waals surface area (Å²) in [6, 6.07) is 20.3. The second-order valence-electron chi connectivity index (χ2n) is 6.06. The van der Waals surface area contributed by atoms with Crippen molar-refractivity contribution in [2.24, 2.45) is 0 Å². The average molecular weight is 308 g/mol. The fraction of sp³-hybridized carbons (Fsp3) is 0.350. The van der Waals surface area contributed by atoms with E-state index in [0.29, 0.717) is 5.56 Å². The summed E-state index contributed by atoms with van der Waals surface area (Å²) < 4.78 is 0. The number of nitrogens with zero attached hydrogens (tertiary/aromatic N) is 1. The Morgan fingerprint density at radius 2 is 1.65 bits per heavy atom. The molecule has 0 radical (unpaired) electrons. The van der Waals surface area contributed by atoms with E-state index in [4.69, 9.17) is 5.26 Å². The number of benzene rings is 2. The molecule has 2 N–H and O–H groups in total. The smallest absolute Gasteiger partial charge is 0.0991 e. The van der Waals surface area contributed by atoms with Crippen LogP contribution in [-0.4, -0.2) is 17.8 Å². The molecule has 2 aromatic rings. The topological polar surface area (TPSA) is 56.0 Å². The van der Waals surface area contributed by atoms with Crippen molar-refractivity contribution in [2.75, 3.05) is 6.54 Å². The number of nitrogens with one attached hydrogen (secondary N) is 1. The van der Waals surface area contributed by atoms with Crippen LogP contribution in [0.1, 0.15) is 48.9 Å². The van der Waals surface area contributed by atoms with E-state index in [-0.39, 0.29) is 18.1 Å². The van der Waals surface area contributed by atoms with Gasteiger partial charge in [-0.15, -0.1) is 0 Å². The van der Waals surface area contributed by atoms with E-state index in [1.54, 1.807) is 0 Å². The Hall–Kier alpha value is -2.15. The van der Waals surface area contributed by atoms with Crippen LogP contribution >= 0.6 is 0 Å². The SMILES string of the molecule is CC(O)CC(CNC(C)c1ccc(C#N)cc1)c1ccccc1. The lowest BCUT2D eigenvalue weighted by molar-refractivity contribution is 0.173. The standard InChI is InChI=1S/C20H24N2O/c1-15(23)12-20(19-6-4-3-5-7-19)14-22-16(2)18-10-8-17(13-21)9-11-18/h3-11,15-16,20,22-23H,12,14H2,1-2H3. The van der Waals surface area contributed by atoms with Gasteiger partial charge in [-0.1, -0.05) is 42.5 Å². The summed E-state index contributed by atoms with van der Waals surface area (Å²) in [5.41, 5.74) is 3.08. The molecule has 0 fully saturated rings. The third kappa shape index (κ3) is 5.21. The molecule has 0 heterocycles. The Balaban J connectivity index is 2.01. The molecule has 2 aromatic carbocycles. The van der Waals surface area contributed by atoms with Gasteiger partial charge in [-0.25, -0.2) is 0 Å². The van der Waals surface area contributed by atoms with Crippen LogP contribution in [0.4, 0.5) is 0 Å². The first kappa shape index (κ1) is 17.2. The lowest BCUT2D eigenvalue weighted by Gasteiger charge is -2.22. The number of rotatable bonds is 7. The second kappa shape index (κ2) is 8.47. The number of hydrogen-bond acceptors (Lipinski definition) is 3. The predicted molar refractivity (Wildman–Crippen MR) is 93.1 cm³/mol. The fourth-order valence-electron chi connectivity index (χ4n) is 2.76. The summed E-state index contributed by atoms with van der Waals surface area (Å²) in [6.45, 7) is 4.75. The van der Waals surface area contributed by atoms with Crippen LogP contribution in [0, 0.1) is 11.3 Å². The fourth-order valence-corrected chi connectivity index (χ4v) is 2.76. The minimum absolute atomic E-state index is 0.197. The molecular weight excluding hydrogens is 284 g/mol. The van der Waals surface area contributed by atoms with Gasteiger partial charge in [0.15, 0.2) is 0 Å². The summed E-state index contributed by atoms with van der Waals surface area (Å²) in [5.74, 6) is 0.275. The highest BCUT2D eigenvalue weighted by Gasteiger charge is 2.15. The highest BCUT2D eigenvalue weighted by molar-refractivity contribution is 5.32. The van der Waals surface area contributed by atoms with Crippen LogP contribution in [0.25, 0.3) is 0 Å². The lowest BCUT2D eigenvalue weighted by Crippen LogP contribution is -2.26. The van der Waals surface area contributed by atoms with Gasteiger partial charge in [0.05, 0.1) is 17.7 Å². The Morgan fingerprint density at radius 1 is 1.00 bits per heavy atom. The highest BCUT2D eigenvalue weighted by Crippen LogP contribution is 2.22. The van der Waals surface area contributed by atoms with E-state index >= 15 is 0 Å². The first-order valence-electron chi connectivity index (χ1n) is 8.06. The summed E-state index contributed by atoms with van der Waals surface area (Å²) in [7, 11) is 0. The number of aliphatic hydroxyl groups excluding tert-OH is 1. The summed E-state index contributed by atoms with van der Waals surface area (Å²) in [5, 5.41) is 22.2. The zero-order valence-corrected chi connectivity index (χ0v) is 13.7. The minimum Gasteiger partial charge on any atom is -0.393 e. The van der Waals surface area contributed by atoms with Gasteiger partial charge in [-0.3, -0.25) is 0 Å². The number of hydrogen-bond donors (Lipinski definition) is 2. The minimum atomic E-state index is -0.327. The van der Waals surface area contributed by atoms with Gasteiger partial charge in [0.2, 0.25) is 0 Å². The third-order valence-electron chi connectivity index (χ3n) is 4.11. The van der Waals surface area contributed by atoms with E-state index in [1.165, 1.54) is 5.56 Å². The van der Waals surface area contributed by atoms with Gasteiger partial charge in [0.25, 0.3) is 0 Å².